The van der Waals surface area contributed by atoms with E-state index >= 15 is 0 Å². The van der Waals surface area contributed by atoms with Crippen LogP contribution in [0.1, 0.15) is 25.1 Å². The highest BCUT2D eigenvalue weighted by molar-refractivity contribution is 8.00. The molecule has 3 nitrogen and oxygen atoms in total. The monoisotopic (exact) mass is 224 g/mol. The fraction of sp³-hybridized carbons (Fsp3) is 0.545. The Kier molecular flexibility index (Phi) is 3.61. The Morgan fingerprint density at radius 3 is 2.87 bits per heavy atom. The molecule has 1 aromatic rings. The fourth-order valence-corrected chi connectivity index (χ4v) is 2.34. The summed E-state index contributed by atoms with van der Waals surface area (Å²) in [5.41, 5.74) is 6.87. The molecule has 0 aromatic carbocycles. The molecule has 1 fully saturated rings. The topological polar surface area (TPSA) is 48.1 Å². The largest absolute Gasteiger partial charge is 0.379 e. The Bertz CT molecular complexity index is 311. The third-order valence-corrected chi connectivity index (χ3v) is 3.61. The molecule has 0 radical (unpaired) electrons. The summed E-state index contributed by atoms with van der Waals surface area (Å²) in [6, 6.07) is 4.19. The van der Waals surface area contributed by atoms with E-state index in [9.17, 15) is 0 Å². The average Bonchev–Trinajstić information content (AvgIpc) is 2.23. The van der Waals surface area contributed by atoms with Crippen LogP contribution in [-0.2, 0) is 4.74 Å². The summed E-state index contributed by atoms with van der Waals surface area (Å²) in [7, 11) is 0. The molecule has 2 N–H and O–H groups in total. The maximum absolute atomic E-state index is 5.89. The number of nitrogens with two attached hydrogens (primary N) is 1. The standard InChI is InChI=1S/C11H16N2OS/c1-2-10(12)11-4-3-8(5-13-11)15-9-6-14-7-9/h3-5,9-10H,2,6-7,12H2,1H3/t10-/m0/s1. The Balaban J connectivity index is 1.96. The van der Waals surface area contributed by atoms with Crippen LogP contribution in [-0.4, -0.2) is 23.4 Å². The third kappa shape index (κ3) is 2.71. The summed E-state index contributed by atoms with van der Waals surface area (Å²) < 4.78 is 5.13. The zero-order valence-electron chi connectivity index (χ0n) is 8.85. The van der Waals surface area contributed by atoms with Gasteiger partial charge in [-0.1, -0.05) is 6.92 Å². The van der Waals surface area contributed by atoms with E-state index in [-0.39, 0.29) is 6.04 Å². The van der Waals surface area contributed by atoms with Crippen LogP contribution in [0.3, 0.4) is 0 Å². The van der Waals surface area contributed by atoms with Gasteiger partial charge in [-0.25, -0.2) is 0 Å². The van der Waals surface area contributed by atoms with Crippen LogP contribution in [0.4, 0.5) is 0 Å². The molecule has 0 aliphatic carbocycles. The molecule has 0 spiro atoms. The Hall–Kier alpha value is -0.580. The lowest BCUT2D eigenvalue weighted by Crippen LogP contribution is -2.30. The van der Waals surface area contributed by atoms with E-state index in [4.69, 9.17) is 10.5 Å². The lowest BCUT2D eigenvalue weighted by molar-refractivity contribution is 0.0455. The van der Waals surface area contributed by atoms with Crippen molar-refractivity contribution in [1.29, 1.82) is 0 Å². The molecule has 1 saturated heterocycles. The number of rotatable bonds is 4. The third-order valence-electron chi connectivity index (χ3n) is 2.49. The summed E-state index contributed by atoms with van der Waals surface area (Å²) >= 11 is 1.83. The molecule has 1 atom stereocenters. The van der Waals surface area contributed by atoms with Crippen LogP contribution in [0.25, 0.3) is 0 Å². The maximum atomic E-state index is 5.89. The van der Waals surface area contributed by atoms with Gasteiger partial charge in [-0.15, -0.1) is 11.8 Å². The highest BCUT2D eigenvalue weighted by Gasteiger charge is 2.19. The van der Waals surface area contributed by atoms with Gasteiger partial charge in [0.1, 0.15) is 0 Å². The van der Waals surface area contributed by atoms with E-state index in [1.54, 1.807) is 0 Å². The first-order chi connectivity index (χ1) is 7.29. The molecule has 1 aromatic heterocycles. The fourth-order valence-electron chi connectivity index (χ4n) is 1.36. The zero-order valence-corrected chi connectivity index (χ0v) is 9.67. The van der Waals surface area contributed by atoms with Crippen LogP contribution < -0.4 is 5.73 Å². The summed E-state index contributed by atoms with van der Waals surface area (Å²) in [5, 5.41) is 0.609. The second-order valence-corrected chi connectivity index (χ2v) is 5.08. The predicted octanol–water partition coefficient (Wildman–Crippen LogP) is 1.98. The molecule has 0 amide bonds. The van der Waals surface area contributed by atoms with Crippen molar-refractivity contribution in [2.75, 3.05) is 13.2 Å². The van der Waals surface area contributed by atoms with Crippen LogP contribution in [0, 0.1) is 0 Å². The molecular weight excluding hydrogens is 208 g/mol. The van der Waals surface area contributed by atoms with Gasteiger partial charge in [0.25, 0.3) is 0 Å². The van der Waals surface area contributed by atoms with Gasteiger partial charge in [0.2, 0.25) is 0 Å². The van der Waals surface area contributed by atoms with Gasteiger partial charge in [-0.2, -0.15) is 0 Å². The van der Waals surface area contributed by atoms with Crippen molar-refractivity contribution >= 4 is 11.8 Å². The molecule has 82 valence electrons. The minimum Gasteiger partial charge on any atom is -0.379 e. The van der Waals surface area contributed by atoms with E-state index in [0.717, 1.165) is 25.3 Å². The van der Waals surface area contributed by atoms with Gasteiger partial charge in [0.15, 0.2) is 0 Å². The first kappa shape index (κ1) is 10.9. The van der Waals surface area contributed by atoms with Crippen molar-refractivity contribution < 1.29 is 4.74 Å². The smallest absolute Gasteiger partial charge is 0.0611 e. The van der Waals surface area contributed by atoms with Crippen molar-refractivity contribution in [3.05, 3.63) is 24.0 Å². The molecule has 4 heteroatoms. The molecule has 0 unspecified atom stereocenters. The minimum absolute atomic E-state index is 0.0658. The molecule has 0 bridgehead atoms. The Morgan fingerprint density at radius 1 is 1.60 bits per heavy atom. The summed E-state index contributed by atoms with van der Waals surface area (Å²) in [6.07, 6.45) is 2.84. The highest BCUT2D eigenvalue weighted by atomic mass is 32.2. The lowest BCUT2D eigenvalue weighted by atomic mass is 10.1. The van der Waals surface area contributed by atoms with Crippen LogP contribution in [0.5, 0.6) is 0 Å². The van der Waals surface area contributed by atoms with Gasteiger partial charge in [0, 0.05) is 17.1 Å². The van der Waals surface area contributed by atoms with Gasteiger partial charge < -0.3 is 10.5 Å². The molecule has 0 saturated carbocycles. The molecule has 15 heavy (non-hydrogen) atoms. The normalized spacial score (nSPS) is 18.5. The van der Waals surface area contributed by atoms with Crippen LogP contribution >= 0.6 is 11.8 Å². The number of hydrogen-bond donors (Lipinski definition) is 1. The van der Waals surface area contributed by atoms with E-state index in [1.165, 1.54) is 4.90 Å². The van der Waals surface area contributed by atoms with E-state index in [2.05, 4.69) is 18.0 Å². The predicted molar refractivity (Wildman–Crippen MR) is 61.9 cm³/mol. The van der Waals surface area contributed by atoms with E-state index in [1.807, 2.05) is 24.0 Å². The number of nitrogens with zero attached hydrogens (tertiary/aromatic N) is 1. The van der Waals surface area contributed by atoms with Gasteiger partial charge >= 0.3 is 0 Å². The summed E-state index contributed by atoms with van der Waals surface area (Å²) in [4.78, 5) is 5.58. The van der Waals surface area contributed by atoms with E-state index in [0.29, 0.717) is 5.25 Å². The number of thioether (sulfide) groups is 1. The SMILES string of the molecule is CC[C@H](N)c1ccc(SC2COC2)cn1. The Morgan fingerprint density at radius 2 is 2.40 bits per heavy atom. The second kappa shape index (κ2) is 4.96. The van der Waals surface area contributed by atoms with Crippen molar-refractivity contribution in [2.45, 2.75) is 29.5 Å². The first-order valence-electron chi connectivity index (χ1n) is 5.25. The average molecular weight is 224 g/mol. The van der Waals surface area contributed by atoms with Crippen LogP contribution in [0.2, 0.25) is 0 Å². The van der Waals surface area contributed by atoms with Crippen molar-refractivity contribution in [3.8, 4) is 0 Å². The van der Waals surface area contributed by atoms with Gasteiger partial charge in [0.05, 0.1) is 24.2 Å². The van der Waals surface area contributed by atoms with Crippen LogP contribution in [0.15, 0.2) is 23.2 Å². The lowest BCUT2D eigenvalue weighted by Gasteiger charge is -2.25. The van der Waals surface area contributed by atoms with E-state index < -0.39 is 0 Å². The summed E-state index contributed by atoms with van der Waals surface area (Å²) in [5.74, 6) is 0. The number of pyridine rings is 1. The first-order valence-corrected chi connectivity index (χ1v) is 6.13. The van der Waals surface area contributed by atoms with Crippen molar-refractivity contribution in [2.24, 2.45) is 5.73 Å². The summed E-state index contributed by atoms with van der Waals surface area (Å²) in [6.45, 7) is 3.79. The minimum atomic E-state index is 0.0658. The maximum Gasteiger partial charge on any atom is 0.0611 e. The quantitative estimate of drug-likeness (QED) is 0.849. The molecule has 1 aliphatic rings. The number of hydrogen-bond acceptors (Lipinski definition) is 4. The highest BCUT2D eigenvalue weighted by Crippen LogP contribution is 2.27. The number of aromatic nitrogens is 1. The Labute approximate surface area is 94.4 Å². The molecule has 2 heterocycles. The molecule has 1 aliphatic heterocycles. The van der Waals surface area contributed by atoms with Gasteiger partial charge in [-0.05, 0) is 18.6 Å². The van der Waals surface area contributed by atoms with Crippen molar-refractivity contribution in [3.63, 3.8) is 0 Å². The second-order valence-electron chi connectivity index (χ2n) is 3.71. The molecule has 2 rings (SSSR count). The molecular formula is C11H16N2OS. The van der Waals surface area contributed by atoms with Gasteiger partial charge in [-0.3, -0.25) is 4.98 Å². The number of ether oxygens (including phenoxy) is 1. The zero-order chi connectivity index (χ0) is 10.7. The van der Waals surface area contributed by atoms with Crippen molar-refractivity contribution in [1.82, 2.24) is 4.98 Å².